The highest BCUT2D eigenvalue weighted by Gasteiger charge is 2.04. The molecule has 3 N–H and O–H groups in total. The molecule has 1 unspecified atom stereocenters. The average molecular weight is 185 g/mol. The molecule has 0 aliphatic rings. The lowest BCUT2D eigenvalue weighted by Crippen LogP contribution is -2.12. The molecule has 0 aliphatic carbocycles. The molecular formula is C8H15N3S. The maximum Gasteiger partial charge on any atom is 0.0925 e. The van der Waals surface area contributed by atoms with Gasteiger partial charge in [0.15, 0.2) is 0 Å². The lowest BCUT2D eigenvalue weighted by molar-refractivity contribution is 0.949. The molecule has 0 radical (unpaired) electrons. The van der Waals surface area contributed by atoms with Gasteiger partial charge in [-0.05, 0) is 6.92 Å². The third-order valence-electron chi connectivity index (χ3n) is 1.77. The van der Waals surface area contributed by atoms with Crippen molar-refractivity contribution in [3.63, 3.8) is 0 Å². The molecule has 68 valence electrons. The zero-order valence-electron chi connectivity index (χ0n) is 7.50. The molecule has 0 amide bonds. The zero-order chi connectivity index (χ0) is 8.97. The first-order chi connectivity index (χ1) is 5.74. The summed E-state index contributed by atoms with van der Waals surface area (Å²) in [5.74, 6) is 0.952. The molecule has 0 spiro atoms. The Balaban J connectivity index is 2.38. The molecule has 4 heteroatoms. The van der Waals surface area contributed by atoms with Crippen molar-refractivity contribution in [1.29, 1.82) is 0 Å². The molecule has 1 atom stereocenters. The summed E-state index contributed by atoms with van der Waals surface area (Å²) >= 11 is 1.84. The molecule has 0 fully saturated rings. The number of aromatic amines is 1. The van der Waals surface area contributed by atoms with E-state index in [0.717, 1.165) is 23.7 Å². The van der Waals surface area contributed by atoms with Crippen molar-refractivity contribution in [3.05, 3.63) is 17.7 Å². The van der Waals surface area contributed by atoms with Gasteiger partial charge in [0.25, 0.3) is 0 Å². The van der Waals surface area contributed by atoms with Gasteiger partial charge in [-0.2, -0.15) is 11.8 Å². The van der Waals surface area contributed by atoms with Crippen LogP contribution in [0.15, 0.2) is 6.33 Å². The molecule has 3 nitrogen and oxygen atoms in total. The summed E-state index contributed by atoms with van der Waals surface area (Å²) in [6, 6.07) is 0. The van der Waals surface area contributed by atoms with Crippen LogP contribution in [0.3, 0.4) is 0 Å². The Labute approximate surface area is 77.1 Å². The number of aromatic nitrogens is 2. The van der Waals surface area contributed by atoms with Gasteiger partial charge < -0.3 is 10.7 Å². The molecule has 12 heavy (non-hydrogen) atoms. The van der Waals surface area contributed by atoms with E-state index in [4.69, 9.17) is 5.73 Å². The maximum absolute atomic E-state index is 5.50. The Kier molecular flexibility index (Phi) is 3.62. The predicted molar refractivity (Wildman–Crippen MR) is 53.1 cm³/mol. The second kappa shape index (κ2) is 4.52. The summed E-state index contributed by atoms with van der Waals surface area (Å²) in [7, 11) is 0. The number of thioether (sulfide) groups is 1. The van der Waals surface area contributed by atoms with Crippen LogP contribution in [0.25, 0.3) is 0 Å². The molecule has 1 aromatic rings. The Morgan fingerprint density at radius 1 is 1.75 bits per heavy atom. The molecule has 0 saturated carbocycles. The van der Waals surface area contributed by atoms with Crippen LogP contribution in [0.5, 0.6) is 0 Å². The van der Waals surface area contributed by atoms with Gasteiger partial charge in [-0.1, -0.05) is 6.92 Å². The number of nitrogens with two attached hydrogens (primary N) is 1. The van der Waals surface area contributed by atoms with E-state index < -0.39 is 0 Å². The summed E-state index contributed by atoms with van der Waals surface area (Å²) < 4.78 is 0. The fourth-order valence-corrected chi connectivity index (χ4v) is 1.69. The van der Waals surface area contributed by atoms with Crippen molar-refractivity contribution < 1.29 is 0 Å². The molecule has 1 aromatic heterocycles. The standard InChI is InChI=1S/C8H15N3S/c1-6(3-9)12-4-8-7(2)10-5-11-8/h5-6H,3-4,9H2,1-2H3,(H,10,11). The van der Waals surface area contributed by atoms with E-state index in [9.17, 15) is 0 Å². The third kappa shape index (κ3) is 2.53. The van der Waals surface area contributed by atoms with E-state index in [1.54, 1.807) is 6.33 Å². The van der Waals surface area contributed by atoms with Crippen molar-refractivity contribution in [2.75, 3.05) is 6.54 Å². The second-order valence-corrected chi connectivity index (χ2v) is 4.26. The van der Waals surface area contributed by atoms with Gasteiger partial charge in [0.05, 0.1) is 12.0 Å². The Morgan fingerprint density at radius 3 is 3.00 bits per heavy atom. The number of hydrogen-bond acceptors (Lipinski definition) is 3. The lowest BCUT2D eigenvalue weighted by atomic mass is 10.4. The average Bonchev–Trinajstić information content (AvgIpc) is 2.47. The van der Waals surface area contributed by atoms with Crippen molar-refractivity contribution in [1.82, 2.24) is 9.97 Å². The van der Waals surface area contributed by atoms with Gasteiger partial charge in [-0.15, -0.1) is 0 Å². The van der Waals surface area contributed by atoms with Crippen LogP contribution in [0, 0.1) is 6.92 Å². The number of nitrogens with one attached hydrogen (secondary N) is 1. The lowest BCUT2D eigenvalue weighted by Gasteiger charge is -2.06. The fourth-order valence-electron chi connectivity index (χ4n) is 0.822. The zero-order valence-corrected chi connectivity index (χ0v) is 8.32. The molecule has 0 saturated heterocycles. The van der Waals surface area contributed by atoms with E-state index in [2.05, 4.69) is 16.9 Å². The van der Waals surface area contributed by atoms with Gasteiger partial charge in [-0.3, -0.25) is 0 Å². The Morgan fingerprint density at radius 2 is 2.50 bits per heavy atom. The monoisotopic (exact) mass is 185 g/mol. The van der Waals surface area contributed by atoms with Crippen LogP contribution in [0.2, 0.25) is 0 Å². The van der Waals surface area contributed by atoms with Crippen LogP contribution >= 0.6 is 11.8 Å². The SMILES string of the molecule is Cc1[nH]cnc1CSC(C)CN. The Hall–Kier alpha value is -0.480. The molecule has 1 heterocycles. The summed E-state index contributed by atoms with van der Waals surface area (Å²) in [5.41, 5.74) is 7.80. The minimum absolute atomic E-state index is 0.515. The highest BCUT2D eigenvalue weighted by Crippen LogP contribution is 2.16. The maximum atomic E-state index is 5.50. The Bertz CT molecular complexity index is 234. The molecule has 0 bridgehead atoms. The van der Waals surface area contributed by atoms with Gasteiger partial charge in [0, 0.05) is 23.2 Å². The van der Waals surface area contributed by atoms with E-state index in [1.807, 2.05) is 18.7 Å². The summed E-state index contributed by atoms with van der Waals surface area (Å²) in [4.78, 5) is 7.26. The largest absolute Gasteiger partial charge is 0.348 e. The van der Waals surface area contributed by atoms with E-state index in [-0.39, 0.29) is 0 Å². The molecule has 0 aliphatic heterocycles. The van der Waals surface area contributed by atoms with Crippen LogP contribution in [-0.2, 0) is 5.75 Å². The smallest absolute Gasteiger partial charge is 0.0925 e. The van der Waals surface area contributed by atoms with Gasteiger partial charge in [0.2, 0.25) is 0 Å². The first-order valence-corrected chi connectivity index (χ1v) is 5.09. The second-order valence-electron chi connectivity index (χ2n) is 2.83. The predicted octanol–water partition coefficient (Wildman–Crippen LogP) is 1.30. The minimum Gasteiger partial charge on any atom is -0.348 e. The van der Waals surface area contributed by atoms with Crippen LogP contribution < -0.4 is 5.73 Å². The normalized spacial score (nSPS) is 13.2. The van der Waals surface area contributed by atoms with Crippen LogP contribution in [0.1, 0.15) is 18.3 Å². The minimum atomic E-state index is 0.515. The van der Waals surface area contributed by atoms with Crippen molar-refractivity contribution in [2.24, 2.45) is 5.73 Å². The quantitative estimate of drug-likeness (QED) is 0.743. The van der Waals surface area contributed by atoms with Crippen LogP contribution in [0.4, 0.5) is 0 Å². The highest BCUT2D eigenvalue weighted by molar-refractivity contribution is 7.99. The summed E-state index contributed by atoms with van der Waals surface area (Å²) in [5, 5.41) is 0.515. The third-order valence-corrected chi connectivity index (χ3v) is 2.97. The van der Waals surface area contributed by atoms with Crippen molar-refractivity contribution >= 4 is 11.8 Å². The number of H-pyrrole nitrogens is 1. The van der Waals surface area contributed by atoms with E-state index in [1.165, 1.54) is 0 Å². The van der Waals surface area contributed by atoms with E-state index >= 15 is 0 Å². The highest BCUT2D eigenvalue weighted by atomic mass is 32.2. The number of imidazole rings is 1. The number of rotatable bonds is 4. The molecule has 1 rings (SSSR count). The number of nitrogens with zero attached hydrogens (tertiary/aromatic N) is 1. The topological polar surface area (TPSA) is 54.7 Å². The molecule has 0 aromatic carbocycles. The van der Waals surface area contributed by atoms with Gasteiger partial charge >= 0.3 is 0 Å². The fraction of sp³-hybridized carbons (Fsp3) is 0.625. The number of hydrogen-bond donors (Lipinski definition) is 2. The van der Waals surface area contributed by atoms with Gasteiger partial charge in [-0.25, -0.2) is 4.98 Å². The summed E-state index contributed by atoms with van der Waals surface area (Å²) in [6.45, 7) is 4.90. The first-order valence-electron chi connectivity index (χ1n) is 4.04. The summed E-state index contributed by atoms with van der Waals surface area (Å²) in [6.07, 6.45) is 1.73. The molecular weight excluding hydrogens is 170 g/mol. The first kappa shape index (κ1) is 9.61. The van der Waals surface area contributed by atoms with Crippen molar-refractivity contribution in [2.45, 2.75) is 24.9 Å². The van der Waals surface area contributed by atoms with Crippen LogP contribution in [-0.4, -0.2) is 21.8 Å². The van der Waals surface area contributed by atoms with Gasteiger partial charge in [0.1, 0.15) is 0 Å². The van der Waals surface area contributed by atoms with Crippen molar-refractivity contribution in [3.8, 4) is 0 Å². The number of aryl methyl sites for hydroxylation is 1. The van der Waals surface area contributed by atoms with E-state index in [0.29, 0.717) is 5.25 Å².